The van der Waals surface area contributed by atoms with Gasteiger partial charge in [-0.05, 0) is 98.2 Å². The van der Waals surface area contributed by atoms with Crippen LogP contribution in [0.5, 0.6) is 0 Å². The molecule has 0 aliphatic heterocycles. The van der Waals surface area contributed by atoms with Gasteiger partial charge < -0.3 is 4.42 Å². The highest BCUT2D eigenvalue weighted by Crippen LogP contribution is 2.39. The lowest BCUT2D eigenvalue weighted by Crippen LogP contribution is -2.06. The van der Waals surface area contributed by atoms with Gasteiger partial charge in [-0.1, -0.05) is 153 Å². The van der Waals surface area contributed by atoms with Crippen molar-refractivity contribution in [3.8, 4) is 33.7 Å². The van der Waals surface area contributed by atoms with Crippen molar-refractivity contribution in [2.75, 3.05) is 0 Å². The Morgan fingerprint density at radius 3 is 2.00 bits per heavy atom. The molecule has 0 aliphatic rings. The second-order valence-electron chi connectivity index (χ2n) is 13.6. The summed E-state index contributed by atoms with van der Waals surface area (Å²) in [6.45, 7) is 6.56. The number of nitrogens with zero attached hydrogens (tertiary/aromatic N) is 3. The second-order valence-corrected chi connectivity index (χ2v) is 13.6. The van der Waals surface area contributed by atoms with Crippen LogP contribution in [0.3, 0.4) is 0 Å². The zero-order valence-electron chi connectivity index (χ0n) is 30.5. The van der Waals surface area contributed by atoms with Crippen LogP contribution in [0.4, 0.5) is 0 Å². The molecule has 1 heterocycles. The summed E-state index contributed by atoms with van der Waals surface area (Å²) in [5.74, 6) is 1.25. The van der Waals surface area contributed by atoms with Crippen molar-refractivity contribution in [3.63, 3.8) is 0 Å². The van der Waals surface area contributed by atoms with Gasteiger partial charge in [0, 0.05) is 22.4 Å². The maximum Gasteiger partial charge on any atom is 0.227 e. The monoisotopic (exact) mass is 707 g/mol. The lowest BCUT2D eigenvalue weighted by Gasteiger charge is -2.14. The number of aliphatic imine (C=N–C) groups is 2. The molecule has 0 atom stereocenters. The summed E-state index contributed by atoms with van der Waals surface area (Å²) in [6, 6.07) is 62.9. The molecule has 1 aromatic heterocycles. The van der Waals surface area contributed by atoms with E-state index in [0.717, 1.165) is 73.1 Å². The second kappa shape index (κ2) is 14.7. The first-order valence-electron chi connectivity index (χ1n) is 18.6. The van der Waals surface area contributed by atoms with E-state index in [0.29, 0.717) is 17.4 Å². The normalized spacial score (nSPS) is 12.1. The van der Waals surface area contributed by atoms with Gasteiger partial charge in [-0.15, -0.1) is 0 Å². The molecule has 9 rings (SSSR count). The van der Waals surface area contributed by atoms with Gasteiger partial charge >= 0.3 is 0 Å². The van der Waals surface area contributed by atoms with E-state index in [4.69, 9.17) is 19.4 Å². The topological polar surface area (TPSA) is 50.8 Å². The predicted octanol–water partition coefficient (Wildman–Crippen LogP) is 13.5. The van der Waals surface area contributed by atoms with Crippen molar-refractivity contribution in [3.05, 3.63) is 205 Å². The number of amidine groups is 1. The molecular formula is C51H37N3O. The summed E-state index contributed by atoms with van der Waals surface area (Å²) in [4.78, 5) is 15.0. The van der Waals surface area contributed by atoms with Crippen LogP contribution in [0.1, 0.15) is 30.0 Å². The van der Waals surface area contributed by atoms with Crippen LogP contribution in [0.2, 0.25) is 0 Å². The van der Waals surface area contributed by atoms with Crippen molar-refractivity contribution < 1.29 is 4.42 Å². The Morgan fingerprint density at radius 1 is 0.527 bits per heavy atom. The molecule has 0 saturated heterocycles. The zero-order valence-corrected chi connectivity index (χ0v) is 30.5. The fraction of sp³-hybridized carbons (Fsp3) is 0.0392. The third-order valence-corrected chi connectivity index (χ3v) is 10.1. The number of benzene rings is 8. The standard InChI is InChI=1S/C51H37N3O/c1-3-47(35-16-6-4-7-17-35)53-50(36-18-8-5-9-19-36)52-34(2)37-21-14-22-38(30-37)39-23-15-24-40(31-39)45-32-41-20-10-11-25-43(41)44-29-28-42(33-46(44)45)51-54-48-26-12-13-27-49(48)55-51/h4-33H,2-3H2,1H3/b52-50-,53-47+. The molecule has 9 aromatic rings. The van der Waals surface area contributed by atoms with Gasteiger partial charge in [-0.2, -0.15) is 0 Å². The molecule has 262 valence electrons. The Balaban J connectivity index is 1.11. The van der Waals surface area contributed by atoms with Crippen LogP contribution in [-0.2, 0) is 0 Å². The molecule has 0 amide bonds. The van der Waals surface area contributed by atoms with E-state index >= 15 is 0 Å². The first kappa shape index (κ1) is 33.7. The Hall–Kier alpha value is -7.17. The van der Waals surface area contributed by atoms with E-state index in [-0.39, 0.29) is 0 Å². The summed E-state index contributed by atoms with van der Waals surface area (Å²) in [6.07, 6.45) is 0.777. The van der Waals surface area contributed by atoms with Gasteiger partial charge in [-0.3, -0.25) is 0 Å². The van der Waals surface area contributed by atoms with Crippen molar-refractivity contribution in [2.24, 2.45) is 9.98 Å². The summed E-state index contributed by atoms with van der Waals surface area (Å²) >= 11 is 0. The van der Waals surface area contributed by atoms with Crippen LogP contribution in [0, 0.1) is 0 Å². The van der Waals surface area contributed by atoms with E-state index in [1.165, 1.54) is 16.2 Å². The molecule has 0 unspecified atom stereocenters. The number of fused-ring (bicyclic) bond motifs is 4. The quantitative estimate of drug-likeness (QED) is 0.0897. The smallest absolute Gasteiger partial charge is 0.227 e. The molecule has 55 heavy (non-hydrogen) atoms. The molecule has 0 spiro atoms. The van der Waals surface area contributed by atoms with Crippen LogP contribution in [0.25, 0.3) is 72.0 Å². The number of rotatable bonds is 8. The summed E-state index contributed by atoms with van der Waals surface area (Å²) in [7, 11) is 0. The fourth-order valence-electron chi connectivity index (χ4n) is 7.26. The minimum atomic E-state index is 0.614. The van der Waals surface area contributed by atoms with E-state index < -0.39 is 0 Å². The van der Waals surface area contributed by atoms with Gasteiger partial charge in [0.1, 0.15) is 5.52 Å². The summed E-state index contributed by atoms with van der Waals surface area (Å²) in [5, 5.41) is 4.73. The Kier molecular flexibility index (Phi) is 8.99. The molecule has 0 aliphatic carbocycles. The number of hydrogen-bond donors (Lipinski definition) is 0. The molecule has 0 bridgehead atoms. The van der Waals surface area contributed by atoms with Crippen molar-refractivity contribution in [2.45, 2.75) is 13.3 Å². The molecule has 4 nitrogen and oxygen atoms in total. The number of aromatic nitrogens is 1. The average molecular weight is 708 g/mol. The number of hydrogen-bond acceptors (Lipinski definition) is 3. The van der Waals surface area contributed by atoms with Gasteiger partial charge in [0.2, 0.25) is 5.89 Å². The van der Waals surface area contributed by atoms with Gasteiger partial charge in [0.25, 0.3) is 0 Å². The van der Waals surface area contributed by atoms with Gasteiger partial charge in [-0.25, -0.2) is 15.0 Å². The Labute approximate surface area is 320 Å². The first-order chi connectivity index (χ1) is 27.1. The third kappa shape index (κ3) is 6.78. The summed E-state index contributed by atoms with van der Waals surface area (Å²) < 4.78 is 6.20. The molecular weight excluding hydrogens is 671 g/mol. The highest BCUT2D eigenvalue weighted by Gasteiger charge is 2.15. The lowest BCUT2D eigenvalue weighted by molar-refractivity contribution is 0.620. The van der Waals surface area contributed by atoms with E-state index in [2.05, 4.69) is 123 Å². The molecule has 0 N–H and O–H groups in total. The van der Waals surface area contributed by atoms with Crippen LogP contribution < -0.4 is 0 Å². The summed E-state index contributed by atoms with van der Waals surface area (Å²) in [5.41, 5.74) is 11.6. The Morgan fingerprint density at radius 2 is 1.20 bits per heavy atom. The zero-order chi connectivity index (χ0) is 37.1. The molecule has 0 saturated carbocycles. The maximum absolute atomic E-state index is 6.20. The molecule has 8 aromatic carbocycles. The molecule has 0 fully saturated rings. The molecule has 4 heteroatoms. The van der Waals surface area contributed by atoms with Crippen LogP contribution >= 0.6 is 0 Å². The average Bonchev–Trinajstić information content (AvgIpc) is 3.70. The molecule has 0 radical (unpaired) electrons. The van der Waals surface area contributed by atoms with Crippen LogP contribution in [0.15, 0.2) is 203 Å². The van der Waals surface area contributed by atoms with Crippen LogP contribution in [-0.4, -0.2) is 16.5 Å². The highest BCUT2D eigenvalue weighted by molar-refractivity contribution is 6.15. The fourth-order valence-corrected chi connectivity index (χ4v) is 7.26. The van der Waals surface area contributed by atoms with E-state index in [1.54, 1.807) is 0 Å². The SMILES string of the molecule is C=C(/N=C(\N=C(/CC)c1ccccc1)c1ccccc1)c1cccc(-c2cccc(-c3cc4ccccc4c4ccc(-c5nc6ccccc6o5)cc34)c2)c1. The minimum Gasteiger partial charge on any atom is -0.436 e. The van der Waals surface area contributed by atoms with Gasteiger partial charge in [0.05, 0.1) is 5.70 Å². The van der Waals surface area contributed by atoms with Crippen molar-refractivity contribution in [1.29, 1.82) is 0 Å². The first-order valence-corrected chi connectivity index (χ1v) is 18.6. The minimum absolute atomic E-state index is 0.614. The largest absolute Gasteiger partial charge is 0.436 e. The number of para-hydroxylation sites is 2. The van der Waals surface area contributed by atoms with E-state index in [9.17, 15) is 0 Å². The van der Waals surface area contributed by atoms with Crippen molar-refractivity contribution in [1.82, 2.24) is 4.98 Å². The van der Waals surface area contributed by atoms with Gasteiger partial charge in [0.15, 0.2) is 11.4 Å². The van der Waals surface area contributed by atoms with E-state index in [1.807, 2.05) is 72.8 Å². The predicted molar refractivity (Wildman–Crippen MR) is 231 cm³/mol. The third-order valence-electron chi connectivity index (χ3n) is 10.1. The van der Waals surface area contributed by atoms with Crippen molar-refractivity contribution >= 4 is 49.9 Å². The Bertz CT molecular complexity index is 2890. The number of oxazole rings is 1. The highest BCUT2D eigenvalue weighted by atomic mass is 16.3. The lowest BCUT2D eigenvalue weighted by atomic mass is 9.90. The maximum atomic E-state index is 6.20.